The predicted octanol–water partition coefficient (Wildman–Crippen LogP) is 2.41. The zero-order valence-corrected chi connectivity index (χ0v) is 11.8. The largest absolute Gasteiger partial charge is 0.352 e. The van der Waals surface area contributed by atoms with Crippen LogP contribution in [0.25, 0.3) is 0 Å². The molecule has 2 heterocycles. The summed E-state index contributed by atoms with van der Waals surface area (Å²) in [4.78, 5) is 13.9. The monoisotopic (exact) mass is 248 g/mol. The Morgan fingerprint density at radius 3 is 2.44 bits per heavy atom. The van der Waals surface area contributed by atoms with Gasteiger partial charge >= 0.3 is 0 Å². The van der Waals surface area contributed by atoms with Crippen molar-refractivity contribution in [3.8, 4) is 0 Å². The number of nitrogens with zero attached hydrogens (tertiary/aromatic N) is 2. The minimum atomic E-state index is 0.0306. The van der Waals surface area contributed by atoms with Gasteiger partial charge in [-0.3, -0.25) is 0 Å². The maximum absolute atomic E-state index is 11.4. The molecule has 0 N–H and O–H groups in total. The molecule has 1 aliphatic heterocycles. The average Bonchev–Trinajstić information content (AvgIpc) is 2.65. The van der Waals surface area contributed by atoms with Crippen molar-refractivity contribution in [1.82, 2.24) is 9.47 Å². The molecule has 1 aromatic rings. The van der Waals surface area contributed by atoms with Gasteiger partial charge in [-0.05, 0) is 51.4 Å². The average molecular weight is 248 g/mol. The number of carbonyl (C=O) groups excluding carboxylic acids is 1. The smallest absolute Gasteiger partial charge is 0.128 e. The lowest BCUT2D eigenvalue weighted by Gasteiger charge is -2.28. The fourth-order valence-corrected chi connectivity index (χ4v) is 2.89. The highest BCUT2D eigenvalue weighted by atomic mass is 16.1. The first-order chi connectivity index (χ1) is 8.63. The van der Waals surface area contributed by atoms with Crippen LogP contribution in [0, 0.1) is 13.8 Å². The number of aryl methyl sites for hydroxylation is 1. The minimum absolute atomic E-state index is 0.0306. The van der Waals surface area contributed by atoms with Crippen molar-refractivity contribution >= 4 is 6.29 Å². The number of aromatic nitrogens is 1. The number of aldehydes is 1. The molecule has 1 fully saturated rings. The SMILES string of the molecule is Cc1cc(C(C=O)CN2CCCCC2)c(C)n1C. The van der Waals surface area contributed by atoms with E-state index in [1.165, 1.54) is 36.2 Å². The van der Waals surface area contributed by atoms with E-state index in [9.17, 15) is 4.79 Å². The van der Waals surface area contributed by atoms with Crippen molar-refractivity contribution < 1.29 is 4.79 Å². The van der Waals surface area contributed by atoms with E-state index in [4.69, 9.17) is 0 Å². The molecule has 3 heteroatoms. The molecule has 0 saturated carbocycles. The highest BCUT2D eigenvalue weighted by Crippen LogP contribution is 2.23. The van der Waals surface area contributed by atoms with Gasteiger partial charge in [-0.25, -0.2) is 0 Å². The van der Waals surface area contributed by atoms with E-state index >= 15 is 0 Å². The van der Waals surface area contributed by atoms with Crippen LogP contribution in [0.4, 0.5) is 0 Å². The molecule has 1 aliphatic rings. The Morgan fingerprint density at radius 2 is 1.94 bits per heavy atom. The van der Waals surface area contributed by atoms with Gasteiger partial charge in [-0.1, -0.05) is 6.42 Å². The van der Waals surface area contributed by atoms with Crippen LogP contribution >= 0.6 is 0 Å². The van der Waals surface area contributed by atoms with E-state index in [-0.39, 0.29) is 5.92 Å². The summed E-state index contributed by atoms with van der Waals surface area (Å²) in [7, 11) is 2.07. The topological polar surface area (TPSA) is 25.2 Å². The third kappa shape index (κ3) is 2.66. The molecule has 1 saturated heterocycles. The Morgan fingerprint density at radius 1 is 1.28 bits per heavy atom. The summed E-state index contributed by atoms with van der Waals surface area (Å²) >= 11 is 0. The summed E-state index contributed by atoms with van der Waals surface area (Å²) in [5.74, 6) is 0.0306. The normalized spacial score (nSPS) is 18.8. The lowest BCUT2D eigenvalue weighted by molar-refractivity contribution is -0.109. The second-order valence-corrected chi connectivity index (χ2v) is 5.49. The molecular formula is C15H24N2O. The van der Waals surface area contributed by atoms with Gasteiger partial charge in [0.05, 0.1) is 5.92 Å². The van der Waals surface area contributed by atoms with Gasteiger partial charge in [0.25, 0.3) is 0 Å². The van der Waals surface area contributed by atoms with Crippen molar-refractivity contribution in [2.45, 2.75) is 39.0 Å². The minimum Gasteiger partial charge on any atom is -0.352 e. The summed E-state index contributed by atoms with van der Waals surface area (Å²) in [6.45, 7) is 7.38. The van der Waals surface area contributed by atoms with Crippen molar-refractivity contribution in [2.75, 3.05) is 19.6 Å². The lowest BCUT2D eigenvalue weighted by Crippen LogP contribution is -2.34. The van der Waals surface area contributed by atoms with E-state index in [0.717, 1.165) is 25.9 Å². The Hall–Kier alpha value is -1.09. The highest BCUT2D eigenvalue weighted by Gasteiger charge is 2.20. The molecule has 0 radical (unpaired) electrons. The molecule has 0 spiro atoms. The van der Waals surface area contributed by atoms with Crippen molar-refractivity contribution in [3.63, 3.8) is 0 Å². The van der Waals surface area contributed by atoms with Crippen molar-refractivity contribution in [1.29, 1.82) is 0 Å². The summed E-state index contributed by atoms with van der Waals surface area (Å²) in [5.41, 5.74) is 3.66. The number of hydrogen-bond donors (Lipinski definition) is 0. The fourth-order valence-electron chi connectivity index (χ4n) is 2.89. The molecule has 18 heavy (non-hydrogen) atoms. The van der Waals surface area contributed by atoms with Gasteiger partial charge in [0, 0.05) is 25.0 Å². The van der Waals surface area contributed by atoms with Gasteiger partial charge in [-0.2, -0.15) is 0 Å². The van der Waals surface area contributed by atoms with E-state index in [0.29, 0.717) is 0 Å². The molecule has 1 atom stereocenters. The summed E-state index contributed by atoms with van der Waals surface area (Å²) in [5, 5.41) is 0. The number of rotatable bonds is 4. The van der Waals surface area contributed by atoms with E-state index in [1.807, 2.05) is 0 Å². The third-order valence-corrected chi connectivity index (χ3v) is 4.28. The number of carbonyl (C=O) groups is 1. The first-order valence-corrected chi connectivity index (χ1v) is 6.94. The maximum atomic E-state index is 11.4. The Bertz CT molecular complexity index is 416. The van der Waals surface area contributed by atoms with Crippen LogP contribution in [0.2, 0.25) is 0 Å². The molecule has 0 aromatic carbocycles. The van der Waals surface area contributed by atoms with Crippen LogP contribution in [0.15, 0.2) is 6.07 Å². The summed E-state index contributed by atoms with van der Waals surface area (Å²) < 4.78 is 2.17. The number of piperidine rings is 1. The van der Waals surface area contributed by atoms with Gasteiger partial charge in [0.1, 0.15) is 6.29 Å². The number of hydrogen-bond acceptors (Lipinski definition) is 2. The fraction of sp³-hybridized carbons (Fsp3) is 0.667. The summed E-state index contributed by atoms with van der Waals surface area (Å²) in [6, 6.07) is 2.17. The highest BCUT2D eigenvalue weighted by molar-refractivity contribution is 5.63. The quantitative estimate of drug-likeness (QED) is 0.765. The molecule has 0 amide bonds. The van der Waals surface area contributed by atoms with Gasteiger partial charge < -0.3 is 14.3 Å². The van der Waals surface area contributed by atoms with Gasteiger partial charge in [-0.15, -0.1) is 0 Å². The van der Waals surface area contributed by atoms with Gasteiger partial charge in [0.15, 0.2) is 0 Å². The third-order valence-electron chi connectivity index (χ3n) is 4.28. The molecule has 0 bridgehead atoms. The van der Waals surface area contributed by atoms with Crippen LogP contribution in [0.5, 0.6) is 0 Å². The summed E-state index contributed by atoms with van der Waals surface area (Å²) in [6.07, 6.45) is 5.01. The molecular weight excluding hydrogens is 224 g/mol. The van der Waals surface area contributed by atoms with E-state index in [1.54, 1.807) is 0 Å². The molecule has 100 valence electrons. The van der Waals surface area contributed by atoms with Crippen LogP contribution < -0.4 is 0 Å². The Labute approximate surface area is 110 Å². The predicted molar refractivity (Wildman–Crippen MR) is 74.0 cm³/mol. The molecule has 3 nitrogen and oxygen atoms in total. The lowest BCUT2D eigenvalue weighted by atomic mass is 9.99. The molecule has 1 unspecified atom stereocenters. The molecule has 2 rings (SSSR count). The van der Waals surface area contributed by atoms with Crippen LogP contribution in [-0.4, -0.2) is 35.4 Å². The van der Waals surface area contributed by atoms with Crippen LogP contribution in [-0.2, 0) is 11.8 Å². The second-order valence-electron chi connectivity index (χ2n) is 5.49. The van der Waals surface area contributed by atoms with Crippen molar-refractivity contribution in [3.05, 3.63) is 23.0 Å². The second kappa shape index (κ2) is 5.70. The van der Waals surface area contributed by atoms with Crippen LogP contribution in [0.3, 0.4) is 0 Å². The standard InChI is InChI=1S/C15H24N2O/c1-12-9-15(13(2)16(12)3)14(11-18)10-17-7-5-4-6-8-17/h9,11,14H,4-8,10H2,1-3H3. The first kappa shape index (κ1) is 13.3. The van der Waals surface area contributed by atoms with Crippen molar-refractivity contribution in [2.24, 2.45) is 7.05 Å². The Balaban J connectivity index is 2.12. The molecule has 1 aromatic heterocycles. The zero-order valence-electron chi connectivity index (χ0n) is 11.8. The maximum Gasteiger partial charge on any atom is 0.128 e. The zero-order chi connectivity index (χ0) is 13.1. The first-order valence-electron chi connectivity index (χ1n) is 6.94. The van der Waals surface area contributed by atoms with Crippen LogP contribution in [0.1, 0.15) is 42.1 Å². The Kier molecular flexibility index (Phi) is 4.23. The van der Waals surface area contributed by atoms with Gasteiger partial charge in [0.2, 0.25) is 0 Å². The molecule has 0 aliphatic carbocycles. The number of likely N-dealkylation sites (tertiary alicyclic amines) is 1. The van der Waals surface area contributed by atoms with E-state index < -0.39 is 0 Å². The van der Waals surface area contributed by atoms with E-state index in [2.05, 4.69) is 36.4 Å².